The van der Waals surface area contributed by atoms with Crippen molar-refractivity contribution in [3.8, 4) is 11.1 Å². The molecule has 0 unspecified atom stereocenters. The molecule has 0 saturated heterocycles. The standard InChI is InChI=1S/C23H20F2O4S/c1-2-29-23(26)13-16-4-3-5-17(12-16)15-30(27,28)20-9-6-18(7-10-20)21-11-8-19(24)14-22(21)25/h3-12,14H,2,13,15H2,1H3. The molecule has 0 radical (unpaired) electrons. The van der Waals surface area contributed by atoms with Crippen molar-refractivity contribution in [2.75, 3.05) is 6.61 Å². The number of hydrogen-bond acceptors (Lipinski definition) is 4. The van der Waals surface area contributed by atoms with Gasteiger partial charge in [0.05, 0.1) is 23.7 Å². The summed E-state index contributed by atoms with van der Waals surface area (Å²) in [5.74, 6) is -2.01. The summed E-state index contributed by atoms with van der Waals surface area (Å²) in [5, 5.41) is 0. The van der Waals surface area contributed by atoms with Gasteiger partial charge in [-0.2, -0.15) is 0 Å². The minimum Gasteiger partial charge on any atom is -0.466 e. The smallest absolute Gasteiger partial charge is 0.310 e. The van der Waals surface area contributed by atoms with Crippen molar-refractivity contribution in [1.29, 1.82) is 0 Å². The molecule has 3 aromatic rings. The summed E-state index contributed by atoms with van der Waals surface area (Å²) in [6, 6.07) is 15.8. The summed E-state index contributed by atoms with van der Waals surface area (Å²) >= 11 is 0. The van der Waals surface area contributed by atoms with E-state index in [0.717, 1.165) is 12.1 Å². The van der Waals surface area contributed by atoms with Gasteiger partial charge >= 0.3 is 5.97 Å². The first kappa shape index (κ1) is 21.6. The molecule has 4 nitrogen and oxygen atoms in total. The van der Waals surface area contributed by atoms with Gasteiger partial charge in [-0.15, -0.1) is 0 Å². The number of rotatable bonds is 7. The zero-order valence-corrected chi connectivity index (χ0v) is 17.1. The first-order chi connectivity index (χ1) is 14.3. The lowest BCUT2D eigenvalue weighted by molar-refractivity contribution is -0.142. The molecule has 0 aromatic heterocycles. The van der Waals surface area contributed by atoms with Crippen LogP contribution in [-0.4, -0.2) is 21.0 Å². The molecule has 0 N–H and O–H groups in total. The van der Waals surface area contributed by atoms with Gasteiger partial charge in [0.2, 0.25) is 0 Å². The lowest BCUT2D eigenvalue weighted by Gasteiger charge is -2.09. The van der Waals surface area contributed by atoms with Gasteiger partial charge in [-0.05, 0) is 47.9 Å². The number of carbonyl (C=O) groups excluding carboxylic acids is 1. The van der Waals surface area contributed by atoms with Crippen LogP contribution in [0.15, 0.2) is 71.6 Å². The van der Waals surface area contributed by atoms with Crippen LogP contribution < -0.4 is 0 Å². The van der Waals surface area contributed by atoms with Crippen molar-refractivity contribution >= 4 is 15.8 Å². The van der Waals surface area contributed by atoms with Crippen LogP contribution in [0.25, 0.3) is 11.1 Å². The van der Waals surface area contributed by atoms with E-state index < -0.39 is 21.5 Å². The van der Waals surface area contributed by atoms with Crippen LogP contribution in [0.5, 0.6) is 0 Å². The largest absolute Gasteiger partial charge is 0.466 e. The third kappa shape index (κ3) is 5.30. The average Bonchev–Trinajstić information content (AvgIpc) is 2.68. The van der Waals surface area contributed by atoms with Crippen molar-refractivity contribution in [2.45, 2.75) is 24.0 Å². The van der Waals surface area contributed by atoms with E-state index >= 15 is 0 Å². The van der Waals surface area contributed by atoms with Crippen LogP contribution in [0.3, 0.4) is 0 Å². The second-order valence-electron chi connectivity index (χ2n) is 6.71. The average molecular weight is 430 g/mol. The van der Waals surface area contributed by atoms with E-state index in [4.69, 9.17) is 4.74 Å². The fraction of sp³-hybridized carbons (Fsp3) is 0.174. The van der Waals surface area contributed by atoms with E-state index in [-0.39, 0.29) is 35.2 Å². The van der Waals surface area contributed by atoms with E-state index in [1.807, 2.05) is 0 Å². The van der Waals surface area contributed by atoms with E-state index in [1.54, 1.807) is 31.2 Å². The Morgan fingerprint density at radius 1 is 0.933 bits per heavy atom. The van der Waals surface area contributed by atoms with Crippen molar-refractivity contribution in [3.05, 3.63) is 89.5 Å². The highest BCUT2D eigenvalue weighted by Crippen LogP contribution is 2.26. The van der Waals surface area contributed by atoms with E-state index in [2.05, 4.69) is 0 Å². The lowest BCUT2D eigenvalue weighted by atomic mass is 10.1. The monoisotopic (exact) mass is 430 g/mol. The van der Waals surface area contributed by atoms with E-state index in [9.17, 15) is 22.0 Å². The molecule has 0 aliphatic rings. The second-order valence-corrected chi connectivity index (χ2v) is 8.70. The van der Waals surface area contributed by atoms with Gasteiger partial charge in [0, 0.05) is 11.6 Å². The van der Waals surface area contributed by atoms with Gasteiger partial charge in [-0.25, -0.2) is 17.2 Å². The number of halogens is 2. The lowest BCUT2D eigenvalue weighted by Crippen LogP contribution is -2.09. The third-order valence-corrected chi connectivity index (χ3v) is 6.16. The molecule has 0 atom stereocenters. The summed E-state index contributed by atoms with van der Waals surface area (Å²) in [6.45, 7) is 2.00. The summed E-state index contributed by atoms with van der Waals surface area (Å²) in [7, 11) is -3.65. The van der Waals surface area contributed by atoms with Gasteiger partial charge in [-0.1, -0.05) is 36.4 Å². The van der Waals surface area contributed by atoms with Crippen LogP contribution in [0.2, 0.25) is 0 Å². The molecular weight excluding hydrogens is 410 g/mol. The van der Waals surface area contributed by atoms with Gasteiger partial charge in [0.15, 0.2) is 9.84 Å². The van der Waals surface area contributed by atoms with Crippen molar-refractivity contribution in [3.63, 3.8) is 0 Å². The van der Waals surface area contributed by atoms with Crippen LogP contribution in [-0.2, 0) is 31.5 Å². The second kappa shape index (κ2) is 9.17. The molecule has 3 rings (SSSR count). The van der Waals surface area contributed by atoms with Gasteiger partial charge in [0.25, 0.3) is 0 Å². The van der Waals surface area contributed by atoms with Gasteiger partial charge < -0.3 is 4.74 Å². The Morgan fingerprint density at radius 2 is 1.63 bits per heavy atom. The summed E-state index contributed by atoms with van der Waals surface area (Å²) < 4.78 is 57.5. The highest BCUT2D eigenvalue weighted by molar-refractivity contribution is 7.90. The number of sulfone groups is 1. The highest BCUT2D eigenvalue weighted by Gasteiger charge is 2.17. The molecule has 0 amide bonds. The third-order valence-electron chi connectivity index (χ3n) is 4.46. The minimum absolute atomic E-state index is 0.0691. The Bertz CT molecular complexity index is 1160. The molecule has 0 aliphatic heterocycles. The van der Waals surface area contributed by atoms with Gasteiger partial charge in [0.1, 0.15) is 11.6 Å². The molecular formula is C23H20F2O4S. The Labute approximate surface area is 174 Å². The fourth-order valence-corrected chi connectivity index (χ4v) is 4.41. The number of ether oxygens (including phenoxy) is 1. The first-order valence-electron chi connectivity index (χ1n) is 9.30. The van der Waals surface area contributed by atoms with Crippen molar-refractivity contribution in [2.24, 2.45) is 0 Å². The van der Waals surface area contributed by atoms with E-state index in [0.29, 0.717) is 16.7 Å². The van der Waals surface area contributed by atoms with Gasteiger partial charge in [-0.3, -0.25) is 4.79 Å². The maximum Gasteiger partial charge on any atom is 0.310 e. The van der Waals surface area contributed by atoms with Crippen LogP contribution in [0.4, 0.5) is 8.78 Å². The topological polar surface area (TPSA) is 60.4 Å². The molecule has 0 spiro atoms. The number of esters is 1. The minimum atomic E-state index is -3.65. The maximum atomic E-state index is 13.9. The number of benzene rings is 3. The normalized spacial score (nSPS) is 11.3. The molecule has 7 heteroatoms. The van der Waals surface area contributed by atoms with Crippen LogP contribution in [0.1, 0.15) is 18.1 Å². The summed E-state index contributed by atoms with van der Waals surface area (Å²) in [6.07, 6.45) is 0.0691. The Kier molecular flexibility index (Phi) is 6.62. The molecule has 30 heavy (non-hydrogen) atoms. The Hall–Kier alpha value is -3.06. The van der Waals surface area contributed by atoms with Crippen LogP contribution in [0, 0.1) is 11.6 Å². The molecule has 0 saturated carbocycles. The van der Waals surface area contributed by atoms with Crippen molar-refractivity contribution in [1.82, 2.24) is 0 Å². The summed E-state index contributed by atoms with van der Waals surface area (Å²) in [4.78, 5) is 11.7. The SMILES string of the molecule is CCOC(=O)Cc1cccc(CS(=O)(=O)c2ccc(-c3ccc(F)cc3F)cc2)c1. The zero-order valence-electron chi connectivity index (χ0n) is 16.3. The quantitative estimate of drug-likeness (QED) is 0.510. The zero-order chi connectivity index (χ0) is 21.7. The Morgan fingerprint density at radius 3 is 2.30 bits per heavy atom. The first-order valence-corrected chi connectivity index (χ1v) is 11.0. The molecule has 0 bridgehead atoms. The molecule has 156 valence electrons. The van der Waals surface area contributed by atoms with E-state index in [1.165, 1.54) is 30.3 Å². The Balaban J connectivity index is 1.78. The highest BCUT2D eigenvalue weighted by atomic mass is 32.2. The predicted molar refractivity (Wildman–Crippen MR) is 109 cm³/mol. The molecule has 3 aromatic carbocycles. The van der Waals surface area contributed by atoms with Crippen molar-refractivity contribution < 1.29 is 26.7 Å². The predicted octanol–water partition coefficient (Wildman–Crippen LogP) is 4.71. The molecule has 0 fully saturated rings. The molecule has 0 aliphatic carbocycles. The van der Waals surface area contributed by atoms with Crippen LogP contribution >= 0.6 is 0 Å². The summed E-state index contributed by atoms with van der Waals surface area (Å²) in [5.41, 5.74) is 1.85. The maximum absolute atomic E-state index is 13.9. The molecule has 0 heterocycles. The fourth-order valence-electron chi connectivity index (χ4n) is 3.08. The number of hydrogen-bond donors (Lipinski definition) is 0. The number of carbonyl (C=O) groups is 1.